The van der Waals surface area contributed by atoms with E-state index < -0.39 is 0 Å². The maximum absolute atomic E-state index is 13.7. The molecule has 0 amide bonds. The number of nitrogens with one attached hydrogen (secondary N) is 1. The smallest absolute Gasteiger partial charge is 0.165 e. The Bertz CT molecular complexity index is 632. The minimum Gasteiger partial charge on any atom is -0.454 e. The molecule has 0 fully saturated rings. The molecule has 0 unspecified atom stereocenters. The highest BCUT2D eigenvalue weighted by Gasteiger charge is 2.08. The van der Waals surface area contributed by atoms with E-state index in [-0.39, 0.29) is 11.6 Å². The molecule has 2 rings (SSSR count). The number of hydrogen-bond donors (Lipinski definition) is 1. The van der Waals surface area contributed by atoms with Crippen molar-refractivity contribution >= 4 is 31.9 Å². The van der Waals surface area contributed by atoms with Crippen LogP contribution in [0.5, 0.6) is 11.5 Å². The van der Waals surface area contributed by atoms with E-state index in [1.54, 1.807) is 12.1 Å². The van der Waals surface area contributed by atoms with Crippen molar-refractivity contribution < 1.29 is 9.13 Å². The summed E-state index contributed by atoms with van der Waals surface area (Å²) in [4.78, 5) is 0. The normalized spacial score (nSPS) is 11.0. The van der Waals surface area contributed by atoms with Crippen molar-refractivity contribution in [2.45, 2.75) is 26.4 Å². The van der Waals surface area contributed by atoms with Crippen molar-refractivity contribution in [3.05, 3.63) is 56.7 Å². The van der Waals surface area contributed by atoms with E-state index >= 15 is 0 Å². The topological polar surface area (TPSA) is 21.3 Å². The third-order valence-electron chi connectivity index (χ3n) is 2.85. The molecule has 0 aliphatic heterocycles. The summed E-state index contributed by atoms with van der Waals surface area (Å²) in [7, 11) is 0. The molecule has 0 aliphatic carbocycles. The molecular formula is C16H16Br2FNO. The molecule has 2 nitrogen and oxygen atoms in total. The fraction of sp³-hybridized carbons (Fsp3) is 0.250. The van der Waals surface area contributed by atoms with E-state index in [0.29, 0.717) is 11.8 Å². The van der Waals surface area contributed by atoms with Crippen molar-refractivity contribution in [1.29, 1.82) is 0 Å². The van der Waals surface area contributed by atoms with Gasteiger partial charge in [-0.25, -0.2) is 4.39 Å². The average Bonchev–Trinajstić information content (AvgIpc) is 2.42. The van der Waals surface area contributed by atoms with Crippen molar-refractivity contribution in [2.24, 2.45) is 0 Å². The zero-order chi connectivity index (χ0) is 15.4. The van der Waals surface area contributed by atoms with Gasteiger partial charge in [0, 0.05) is 21.5 Å². The molecule has 2 aromatic carbocycles. The van der Waals surface area contributed by atoms with Crippen LogP contribution in [0.1, 0.15) is 19.4 Å². The Morgan fingerprint density at radius 3 is 2.57 bits per heavy atom. The molecule has 0 bridgehead atoms. The average molecular weight is 417 g/mol. The maximum atomic E-state index is 13.7. The van der Waals surface area contributed by atoms with Crippen LogP contribution in [-0.2, 0) is 6.54 Å². The molecule has 112 valence electrons. The van der Waals surface area contributed by atoms with Crippen LogP contribution < -0.4 is 10.1 Å². The first kappa shape index (κ1) is 16.5. The highest BCUT2D eigenvalue weighted by atomic mass is 79.9. The second kappa shape index (κ2) is 7.38. The Hall–Kier alpha value is -0.910. The molecule has 21 heavy (non-hydrogen) atoms. The molecule has 0 saturated carbocycles. The lowest BCUT2D eigenvalue weighted by atomic mass is 10.2. The highest BCUT2D eigenvalue weighted by Crippen LogP contribution is 2.30. The van der Waals surface area contributed by atoms with Gasteiger partial charge < -0.3 is 10.1 Å². The number of halogens is 3. The minimum atomic E-state index is -0.389. The van der Waals surface area contributed by atoms with E-state index in [4.69, 9.17) is 4.74 Å². The minimum absolute atomic E-state index is 0.198. The van der Waals surface area contributed by atoms with Crippen LogP contribution in [-0.4, -0.2) is 6.04 Å². The molecule has 0 aliphatic rings. The van der Waals surface area contributed by atoms with Crippen LogP contribution in [0.4, 0.5) is 4.39 Å². The van der Waals surface area contributed by atoms with Gasteiger partial charge in [-0.3, -0.25) is 0 Å². The molecule has 1 N–H and O–H groups in total. The lowest BCUT2D eigenvalue weighted by molar-refractivity contribution is 0.441. The molecule has 0 aromatic heterocycles. The Morgan fingerprint density at radius 2 is 1.90 bits per heavy atom. The van der Waals surface area contributed by atoms with Crippen LogP contribution >= 0.6 is 31.9 Å². The molecular weight excluding hydrogens is 401 g/mol. The third kappa shape index (κ3) is 4.80. The quantitative estimate of drug-likeness (QED) is 0.680. The SMILES string of the molecule is CC(C)NCc1ccc(Oc2cc(Br)ccc2F)cc1Br. The Kier molecular flexibility index (Phi) is 5.79. The van der Waals surface area contributed by atoms with Gasteiger partial charge in [-0.1, -0.05) is 51.8 Å². The summed E-state index contributed by atoms with van der Waals surface area (Å²) in [6.45, 7) is 4.96. The summed E-state index contributed by atoms with van der Waals surface area (Å²) >= 11 is 6.83. The second-order valence-electron chi connectivity index (χ2n) is 4.97. The number of hydrogen-bond acceptors (Lipinski definition) is 2. The second-order valence-corrected chi connectivity index (χ2v) is 6.74. The molecule has 0 atom stereocenters. The molecule has 5 heteroatoms. The Balaban J connectivity index is 2.14. The van der Waals surface area contributed by atoms with Crippen molar-refractivity contribution in [3.8, 4) is 11.5 Å². The largest absolute Gasteiger partial charge is 0.454 e. The molecule has 0 saturated heterocycles. The standard InChI is InChI=1S/C16H16Br2FNO/c1-10(2)20-9-11-3-5-13(8-14(11)18)21-16-7-12(17)4-6-15(16)19/h3-8,10,20H,9H2,1-2H3. The summed E-state index contributed by atoms with van der Waals surface area (Å²) in [5.41, 5.74) is 1.13. The van der Waals surface area contributed by atoms with Gasteiger partial charge in [-0.2, -0.15) is 0 Å². The summed E-state index contributed by atoms with van der Waals surface area (Å²) in [6, 6.07) is 10.7. The van der Waals surface area contributed by atoms with Crippen LogP contribution in [0.25, 0.3) is 0 Å². The zero-order valence-electron chi connectivity index (χ0n) is 11.8. The lowest BCUT2D eigenvalue weighted by Gasteiger charge is -2.12. The van der Waals surface area contributed by atoms with E-state index in [0.717, 1.165) is 21.1 Å². The van der Waals surface area contributed by atoms with Crippen LogP contribution in [0, 0.1) is 5.82 Å². The summed E-state index contributed by atoms with van der Waals surface area (Å²) in [5, 5.41) is 3.35. The lowest BCUT2D eigenvalue weighted by Crippen LogP contribution is -2.21. The molecule has 0 spiro atoms. The van der Waals surface area contributed by atoms with Crippen LogP contribution in [0.2, 0.25) is 0 Å². The first-order valence-electron chi connectivity index (χ1n) is 6.60. The van der Waals surface area contributed by atoms with E-state index in [1.165, 1.54) is 6.07 Å². The highest BCUT2D eigenvalue weighted by molar-refractivity contribution is 9.10. The monoisotopic (exact) mass is 415 g/mol. The van der Waals surface area contributed by atoms with Crippen molar-refractivity contribution in [3.63, 3.8) is 0 Å². The van der Waals surface area contributed by atoms with Gasteiger partial charge in [-0.15, -0.1) is 0 Å². The molecule has 0 heterocycles. The molecule has 2 aromatic rings. The first-order chi connectivity index (χ1) is 9.95. The predicted molar refractivity (Wildman–Crippen MR) is 90.3 cm³/mol. The van der Waals surface area contributed by atoms with Gasteiger partial charge >= 0.3 is 0 Å². The fourth-order valence-corrected chi connectivity index (χ4v) is 2.57. The number of ether oxygens (including phenoxy) is 1. The van der Waals surface area contributed by atoms with Gasteiger partial charge in [0.25, 0.3) is 0 Å². The van der Waals surface area contributed by atoms with Crippen LogP contribution in [0.3, 0.4) is 0 Å². The first-order valence-corrected chi connectivity index (χ1v) is 8.19. The summed E-state index contributed by atoms with van der Waals surface area (Å²) < 4.78 is 21.0. The van der Waals surface area contributed by atoms with Gasteiger partial charge in [0.1, 0.15) is 5.75 Å². The zero-order valence-corrected chi connectivity index (χ0v) is 15.0. The van der Waals surface area contributed by atoms with Gasteiger partial charge in [0.05, 0.1) is 0 Å². The fourth-order valence-electron chi connectivity index (χ4n) is 1.73. The van der Waals surface area contributed by atoms with Crippen molar-refractivity contribution in [2.75, 3.05) is 0 Å². The third-order valence-corrected chi connectivity index (χ3v) is 4.08. The Morgan fingerprint density at radius 1 is 1.14 bits per heavy atom. The summed E-state index contributed by atoms with van der Waals surface area (Å²) in [5.74, 6) is 0.399. The van der Waals surface area contributed by atoms with E-state index in [1.807, 2.05) is 18.2 Å². The van der Waals surface area contributed by atoms with E-state index in [9.17, 15) is 4.39 Å². The van der Waals surface area contributed by atoms with Gasteiger partial charge in [0.15, 0.2) is 11.6 Å². The number of benzene rings is 2. The number of rotatable bonds is 5. The van der Waals surface area contributed by atoms with E-state index in [2.05, 4.69) is 51.0 Å². The maximum Gasteiger partial charge on any atom is 0.165 e. The van der Waals surface area contributed by atoms with Gasteiger partial charge in [-0.05, 0) is 35.9 Å². The van der Waals surface area contributed by atoms with Crippen LogP contribution in [0.15, 0.2) is 45.3 Å². The molecule has 0 radical (unpaired) electrons. The van der Waals surface area contributed by atoms with Crippen molar-refractivity contribution in [1.82, 2.24) is 5.32 Å². The summed E-state index contributed by atoms with van der Waals surface area (Å²) in [6.07, 6.45) is 0. The Labute approximate surface area is 141 Å². The van der Waals surface area contributed by atoms with Gasteiger partial charge in [0.2, 0.25) is 0 Å². The predicted octanol–water partition coefficient (Wildman–Crippen LogP) is 5.64.